The van der Waals surface area contributed by atoms with Crippen LogP contribution in [0.15, 0.2) is 0 Å². The van der Waals surface area contributed by atoms with E-state index in [-0.39, 0.29) is 18.9 Å². The van der Waals surface area contributed by atoms with Crippen molar-refractivity contribution in [1.29, 1.82) is 0 Å². The van der Waals surface area contributed by atoms with Crippen molar-refractivity contribution in [2.45, 2.75) is 67.1 Å². The number of rotatable bonds is 14. The van der Waals surface area contributed by atoms with Crippen LogP contribution in [-0.4, -0.2) is 177 Å². The number of aldehydes is 3. The van der Waals surface area contributed by atoms with Crippen LogP contribution in [0.2, 0.25) is 0 Å². The molecule has 14 N–H and O–H groups in total. The molecule has 0 aliphatic heterocycles. The van der Waals surface area contributed by atoms with Crippen molar-refractivity contribution in [2.75, 3.05) is 19.8 Å². The maximum absolute atomic E-state index is 9.90. The molecule has 0 aromatic rings. The van der Waals surface area contributed by atoms with E-state index in [0.717, 1.165) is 0 Å². The Kier molecular flexibility index (Phi) is 22.6. The van der Waals surface area contributed by atoms with Gasteiger partial charge >= 0.3 is 0 Å². The Labute approximate surface area is 192 Å². The molecule has 17 heteroatoms. The van der Waals surface area contributed by atoms with Gasteiger partial charge in [0.25, 0.3) is 0 Å². The first-order chi connectivity index (χ1) is 15.7. The third-order valence-electron chi connectivity index (χ3n) is 3.91. The summed E-state index contributed by atoms with van der Waals surface area (Å²) >= 11 is 0. The Balaban J connectivity index is -0.000000426. The highest BCUT2D eigenvalue weighted by Gasteiger charge is 2.30. The van der Waals surface area contributed by atoms with Crippen molar-refractivity contribution in [3.63, 3.8) is 0 Å². The zero-order valence-electron chi connectivity index (χ0n) is 17.7. The highest BCUT2D eigenvalue weighted by Crippen LogP contribution is 2.04. The van der Waals surface area contributed by atoms with E-state index in [1.165, 1.54) is 0 Å². The molecule has 0 spiro atoms. The van der Waals surface area contributed by atoms with Gasteiger partial charge in [-0.1, -0.05) is 0 Å². The van der Waals surface area contributed by atoms with E-state index in [2.05, 4.69) is 0 Å². The maximum Gasteiger partial charge on any atom is 0.151 e. The zero-order valence-corrected chi connectivity index (χ0v) is 17.7. The minimum absolute atomic E-state index is 0.0258. The molecule has 0 aromatic carbocycles. The van der Waals surface area contributed by atoms with Gasteiger partial charge in [-0.05, 0) is 0 Å². The Hall–Kier alpha value is -1.55. The fraction of sp³-hybridized carbons (Fsp3) is 0.824. The molecule has 204 valence electrons. The molecular formula is C17H34O17. The lowest BCUT2D eigenvalue weighted by atomic mass is 10.0. The molecule has 0 radical (unpaired) electrons. The maximum atomic E-state index is 9.90. The summed E-state index contributed by atoms with van der Waals surface area (Å²) in [6.07, 6.45) is -18.3. The van der Waals surface area contributed by atoms with E-state index in [9.17, 15) is 14.4 Å². The highest BCUT2D eigenvalue weighted by molar-refractivity contribution is 5.57. The first-order valence-corrected chi connectivity index (χ1v) is 9.39. The van der Waals surface area contributed by atoms with Crippen LogP contribution in [0.3, 0.4) is 0 Å². The van der Waals surface area contributed by atoms with Crippen LogP contribution in [0.5, 0.6) is 0 Å². The summed E-state index contributed by atoms with van der Waals surface area (Å²) in [6.45, 7) is -2.21. The molecule has 0 aromatic heterocycles. The molecule has 0 aliphatic rings. The van der Waals surface area contributed by atoms with E-state index >= 15 is 0 Å². The third kappa shape index (κ3) is 14.7. The molecular weight excluding hydrogens is 476 g/mol. The molecule has 0 amide bonds. The Morgan fingerprint density at radius 3 is 0.794 bits per heavy atom. The molecule has 34 heavy (non-hydrogen) atoms. The summed E-state index contributed by atoms with van der Waals surface area (Å²) in [4.78, 5) is 29.6. The number of carbonyl (C=O) groups is 3. The van der Waals surface area contributed by atoms with Crippen molar-refractivity contribution in [1.82, 2.24) is 0 Å². The quantitative estimate of drug-likeness (QED) is 0.0964. The van der Waals surface area contributed by atoms with Gasteiger partial charge in [0.2, 0.25) is 0 Å². The molecule has 0 aliphatic carbocycles. The third-order valence-corrected chi connectivity index (χ3v) is 3.91. The fourth-order valence-corrected chi connectivity index (χ4v) is 1.65. The number of hydrogen-bond acceptors (Lipinski definition) is 17. The molecule has 0 rings (SSSR count). The van der Waals surface area contributed by atoms with E-state index in [4.69, 9.17) is 71.5 Å². The lowest BCUT2D eigenvalue weighted by Gasteiger charge is -2.22. The van der Waals surface area contributed by atoms with Crippen LogP contribution in [0.25, 0.3) is 0 Å². The molecule has 11 atom stereocenters. The van der Waals surface area contributed by atoms with E-state index in [1.807, 2.05) is 0 Å². The topological polar surface area (TPSA) is 334 Å². The van der Waals surface area contributed by atoms with Gasteiger partial charge in [-0.15, -0.1) is 0 Å². The van der Waals surface area contributed by atoms with Gasteiger partial charge in [0.15, 0.2) is 18.9 Å². The molecule has 0 heterocycles. The average Bonchev–Trinajstić information content (AvgIpc) is 2.88. The predicted octanol–water partition coefficient (Wildman–Crippen LogP) is -9.50. The van der Waals surface area contributed by atoms with Crippen molar-refractivity contribution in [3.05, 3.63) is 0 Å². The lowest BCUT2D eigenvalue weighted by Crippen LogP contribution is -2.46. The largest absolute Gasteiger partial charge is 0.394 e. The van der Waals surface area contributed by atoms with Gasteiger partial charge in [-0.25, -0.2) is 0 Å². The van der Waals surface area contributed by atoms with Crippen molar-refractivity contribution in [3.8, 4) is 0 Å². The lowest BCUT2D eigenvalue weighted by molar-refractivity contribution is -0.136. The standard InChI is InChI=1S/2C6H12O6.C5H10O5/c2*7-1-3(9)5(11)6(12)4(10)2-8;6-1-3(8)5(10)4(9)2-7/h2*1,3-6,8-12H,2H2;1,3-5,7-10H,2H2/t3-,4+,5+,6+;3-,4-,5-,6-;3-,4-,5+/m011/s1. The fourth-order valence-electron chi connectivity index (χ4n) is 1.65. The summed E-state index contributed by atoms with van der Waals surface area (Å²) in [5.41, 5.74) is 0. The van der Waals surface area contributed by atoms with Crippen LogP contribution in [0.1, 0.15) is 0 Å². The number of aliphatic hydroxyl groups excluding tert-OH is 14. The normalized spacial score (nSPS) is 20.6. The second kappa shape index (κ2) is 20.8. The summed E-state index contributed by atoms with van der Waals surface area (Å²) in [5, 5.41) is 121. The summed E-state index contributed by atoms with van der Waals surface area (Å²) in [6, 6.07) is 0. The Morgan fingerprint density at radius 2 is 0.588 bits per heavy atom. The van der Waals surface area contributed by atoms with Crippen molar-refractivity contribution in [2.24, 2.45) is 0 Å². The van der Waals surface area contributed by atoms with E-state index in [1.54, 1.807) is 0 Å². The van der Waals surface area contributed by atoms with E-state index in [0.29, 0.717) is 0 Å². The van der Waals surface area contributed by atoms with Crippen molar-refractivity contribution >= 4 is 18.9 Å². The van der Waals surface area contributed by atoms with Gasteiger partial charge in [-0.2, -0.15) is 0 Å². The monoisotopic (exact) mass is 510 g/mol. The van der Waals surface area contributed by atoms with Gasteiger partial charge in [0, 0.05) is 0 Å². The molecule has 0 bridgehead atoms. The van der Waals surface area contributed by atoms with Gasteiger partial charge in [0.1, 0.15) is 67.1 Å². The van der Waals surface area contributed by atoms with Crippen LogP contribution in [-0.2, 0) is 14.4 Å². The minimum Gasteiger partial charge on any atom is -0.394 e. The van der Waals surface area contributed by atoms with Gasteiger partial charge < -0.3 is 85.9 Å². The first-order valence-electron chi connectivity index (χ1n) is 9.39. The summed E-state index contributed by atoms with van der Waals surface area (Å²) in [5.74, 6) is 0. The van der Waals surface area contributed by atoms with Crippen LogP contribution >= 0.6 is 0 Å². The summed E-state index contributed by atoms with van der Waals surface area (Å²) < 4.78 is 0. The Bertz CT molecular complexity index is 490. The number of aliphatic hydroxyl groups is 14. The van der Waals surface area contributed by atoms with Crippen molar-refractivity contribution < 1.29 is 85.9 Å². The molecule has 0 unspecified atom stereocenters. The molecule has 0 fully saturated rings. The second-order valence-corrected chi connectivity index (χ2v) is 6.58. The number of hydrogen-bond donors (Lipinski definition) is 14. The van der Waals surface area contributed by atoms with Gasteiger partial charge in [0.05, 0.1) is 19.8 Å². The summed E-state index contributed by atoms with van der Waals surface area (Å²) in [7, 11) is 0. The minimum atomic E-state index is -1.79. The zero-order chi connectivity index (χ0) is 27.6. The Morgan fingerprint density at radius 1 is 0.382 bits per heavy atom. The SMILES string of the molecule is O=C[C@@H](O)[C@@H](O)[C@H](O)[C@H](O)CO.O=C[C@@H](O)[C@H](O)[C@H](O)CO.O=C[C@H](O)[C@@H](O)[C@H](O)[C@H](O)CO. The first kappa shape index (κ1) is 37.0. The van der Waals surface area contributed by atoms with Gasteiger partial charge in [-0.3, -0.25) is 0 Å². The molecule has 17 nitrogen and oxygen atoms in total. The van der Waals surface area contributed by atoms with E-state index < -0.39 is 87.0 Å². The second-order valence-electron chi connectivity index (χ2n) is 6.58. The van der Waals surface area contributed by atoms with Crippen LogP contribution < -0.4 is 0 Å². The molecule has 0 saturated heterocycles. The smallest absolute Gasteiger partial charge is 0.151 e. The highest BCUT2D eigenvalue weighted by atomic mass is 16.4. The molecule has 0 saturated carbocycles. The average molecular weight is 510 g/mol. The number of carbonyl (C=O) groups excluding carboxylic acids is 3. The van der Waals surface area contributed by atoms with Crippen LogP contribution in [0.4, 0.5) is 0 Å². The predicted molar refractivity (Wildman–Crippen MR) is 106 cm³/mol. The van der Waals surface area contributed by atoms with Crippen LogP contribution in [0, 0.1) is 0 Å².